The van der Waals surface area contributed by atoms with Gasteiger partial charge in [0.05, 0.1) is 6.04 Å². The Hall–Kier alpha value is -1.10. The van der Waals surface area contributed by atoms with E-state index in [-0.39, 0.29) is 11.9 Å². The maximum absolute atomic E-state index is 12.4. The summed E-state index contributed by atoms with van der Waals surface area (Å²) in [5.74, 6) is 0.188. The number of ether oxygens (including phenoxy) is 1. The molecule has 1 aliphatic heterocycles. The lowest BCUT2D eigenvalue weighted by molar-refractivity contribution is -0.134. The van der Waals surface area contributed by atoms with Crippen LogP contribution in [0.3, 0.4) is 0 Å². The third-order valence-corrected chi connectivity index (χ3v) is 3.77. The molecular formula is C15H21ClN2O2. The first-order chi connectivity index (χ1) is 9.72. The Morgan fingerprint density at radius 3 is 3.15 bits per heavy atom. The molecule has 1 aromatic carbocycles. The Morgan fingerprint density at radius 2 is 2.40 bits per heavy atom. The first-order valence-corrected chi connectivity index (χ1v) is 7.34. The molecule has 1 amide bonds. The molecule has 1 atom stereocenters. The van der Waals surface area contributed by atoms with Gasteiger partial charge >= 0.3 is 0 Å². The van der Waals surface area contributed by atoms with Crippen LogP contribution in [0.25, 0.3) is 0 Å². The van der Waals surface area contributed by atoms with E-state index in [1.165, 1.54) is 0 Å². The van der Waals surface area contributed by atoms with Crippen molar-refractivity contribution in [3.63, 3.8) is 0 Å². The van der Waals surface area contributed by atoms with E-state index >= 15 is 0 Å². The molecular weight excluding hydrogens is 276 g/mol. The average molecular weight is 297 g/mol. The Kier molecular flexibility index (Phi) is 5.83. The zero-order chi connectivity index (χ0) is 14.4. The molecule has 1 unspecified atom stereocenters. The number of carbonyl (C=O) groups is 1. The van der Waals surface area contributed by atoms with E-state index in [9.17, 15) is 4.79 Å². The summed E-state index contributed by atoms with van der Waals surface area (Å²) in [6.07, 6.45) is 1.30. The van der Waals surface area contributed by atoms with Crippen molar-refractivity contribution in [1.29, 1.82) is 0 Å². The van der Waals surface area contributed by atoms with Crippen LogP contribution in [-0.2, 0) is 9.53 Å². The van der Waals surface area contributed by atoms with Gasteiger partial charge in [0.25, 0.3) is 0 Å². The molecule has 5 heteroatoms. The van der Waals surface area contributed by atoms with Crippen LogP contribution in [0.1, 0.15) is 24.4 Å². The van der Waals surface area contributed by atoms with Crippen molar-refractivity contribution in [2.24, 2.45) is 0 Å². The Balaban J connectivity index is 2.07. The number of piperazine rings is 1. The predicted octanol–water partition coefficient (Wildman–Crippen LogP) is 2.24. The maximum atomic E-state index is 12.4. The predicted molar refractivity (Wildman–Crippen MR) is 79.9 cm³/mol. The number of halogens is 1. The number of benzene rings is 1. The van der Waals surface area contributed by atoms with Gasteiger partial charge in [-0.3, -0.25) is 4.79 Å². The molecule has 1 N–H and O–H groups in total. The number of methoxy groups -OCH3 is 1. The Morgan fingerprint density at radius 1 is 1.55 bits per heavy atom. The van der Waals surface area contributed by atoms with E-state index in [1.807, 2.05) is 29.2 Å². The van der Waals surface area contributed by atoms with Gasteiger partial charge in [-0.05, 0) is 24.1 Å². The van der Waals surface area contributed by atoms with E-state index in [2.05, 4.69) is 5.32 Å². The van der Waals surface area contributed by atoms with Gasteiger partial charge in [-0.25, -0.2) is 0 Å². The molecule has 2 rings (SSSR count). The number of rotatable bonds is 5. The molecule has 1 aliphatic rings. The van der Waals surface area contributed by atoms with Gasteiger partial charge in [0, 0.05) is 44.8 Å². The van der Waals surface area contributed by atoms with Crippen molar-refractivity contribution < 1.29 is 9.53 Å². The molecule has 0 radical (unpaired) electrons. The second kappa shape index (κ2) is 7.62. The third kappa shape index (κ3) is 3.95. The molecule has 4 nitrogen and oxygen atoms in total. The van der Waals surface area contributed by atoms with Crippen molar-refractivity contribution in [3.8, 4) is 0 Å². The highest BCUT2D eigenvalue weighted by atomic mass is 35.5. The second-order valence-electron chi connectivity index (χ2n) is 4.96. The molecule has 1 fully saturated rings. The highest BCUT2D eigenvalue weighted by Crippen LogP contribution is 2.25. The number of carbonyl (C=O) groups excluding carboxylic acids is 1. The van der Waals surface area contributed by atoms with Crippen LogP contribution in [0.15, 0.2) is 24.3 Å². The van der Waals surface area contributed by atoms with Crippen LogP contribution in [0.2, 0.25) is 5.02 Å². The normalized spacial score (nSPS) is 19.1. The fraction of sp³-hybridized carbons (Fsp3) is 0.533. The Bertz CT molecular complexity index is 453. The van der Waals surface area contributed by atoms with Crippen molar-refractivity contribution in [3.05, 3.63) is 34.9 Å². The quantitative estimate of drug-likeness (QED) is 0.847. The second-order valence-corrected chi connectivity index (χ2v) is 5.39. The summed E-state index contributed by atoms with van der Waals surface area (Å²) in [6.45, 7) is 2.98. The average Bonchev–Trinajstić information content (AvgIpc) is 2.47. The van der Waals surface area contributed by atoms with Gasteiger partial charge in [0.1, 0.15) is 0 Å². The topological polar surface area (TPSA) is 41.6 Å². The van der Waals surface area contributed by atoms with Gasteiger partial charge in [-0.2, -0.15) is 0 Å². The molecule has 0 aliphatic carbocycles. The highest BCUT2D eigenvalue weighted by molar-refractivity contribution is 6.30. The van der Waals surface area contributed by atoms with Crippen molar-refractivity contribution in [1.82, 2.24) is 10.2 Å². The molecule has 1 saturated heterocycles. The summed E-state index contributed by atoms with van der Waals surface area (Å²) in [7, 11) is 1.66. The molecule has 0 saturated carbocycles. The number of nitrogens with zero attached hydrogens (tertiary/aromatic N) is 1. The summed E-state index contributed by atoms with van der Waals surface area (Å²) in [4.78, 5) is 14.3. The molecule has 1 aromatic rings. The Labute approximate surface area is 125 Å². The van der Waals surface area contributed by atoms with Gasteiger partial charge in [-0.1, -0.05) is 23.7 Å². The van der Waals surface area contributed by atoms with Crippen LogP contribution in [0, 0.1) is 0 Å². The summed E-state index contributed by atoms with van der Waals surface area (Å²) >= 11 is 6.05. The van der Waals surface area contributed by atoms with Gasteiger partial charge in [-0.15, -0.1) is 0 Å². The molecule has 20 heavy (non-hydrogen) atoms. The largest absolute Gasteiger partial charge is 0.385 e. The fourth-order valence-corrected chi connectivity index (χ4v) is 2.72. The summed E-state index contributed by atoms with van der Waals surface area (Å²) in [5, 5.41) is 4.05. The molecule has 0 bridgehead atoms. The summed E-state index contributed by atoms with van der Waals surface area (Å²) in [5.41, 5.74) is 1.09. The summed E-state index contributed by atoms with van der Waals surface area (Å²) < 4.78 is 5.01. The van der Waals surface area contributed by atoms with E-state index < -0.39 is 0 Å². The van der Waals surface area contributed by atoms with E-state index in [0.29, 0.717) is 18.1 Å². The standard InChI is InChI=1S/C15H21ClN2O2/c1-20-9-3-6-15(19)18-8-7-17-11-14(18)12-4-2-5-13(16)10-12/h2,4-5,10,14,17H,3,6-9,11H2,1H3. The first-order valence-electron chi connectivity index (χ1n) is 6.97. The van der Waals surface area contributed by atoms with E-state index in [4.69, 9.17) is 16.3 Å². The lowest BCUT2D eigenvalue weighted by atomic mass is 10.0. The third-order valence-electron chi connectivity index (χ3n) is 3.54. The SMILES string of the molecule is COCCCC(=O)N1CCNCC1c1cccc(Cl)c1. The zero-order valence-corrected chi connectivity index (χ0v) is 12.5. The zero-order valence-electron chi connectivity index (χ0n) is 11.8. The minimum atomic E-state index is 0.0671. The molecule has 1 heterocycles. The number of nitrogens with one attached hydrogen (secondary N) is 1. The maximum Gasteiger partial charge on any atom is 0.223 e. The lowest BCUT2D eigenvalue weighted by Crippen LogP contribution is -2.48. The fourth-order valence-electron chi connectivity index (χ4n) is 2.53. The lowest BCUT2D eigenvalue weighted by Gasteiger charge is -2.36. The minimum Gasteiger partial charge on any atom is -0.385 e. The van der Waals surface area contributed by atoms with Crippen molar-refractivity contribution in [2.45, 2.75) is 18.9 Å². The van der Waals surface area contributed by atoms with E-state index in [0.717, 1.165) is 31.6 Å². The first kappa shape index (κ1) is 15.3. The van der Waals surface area contributed by atoms with Crippen molar-refractivity contribution >= 4 is 17.5 Å². The van der Waals surface area contributed by atoms with Crippen LogP contribution in [0.4, 0.5) is 0 Å². The van der Waals surface area contributed by atoms with Gasteiger partial charge < -0.3 is 15.0 Å². The van der Waals surface area contributed by atoms with Crippen LogP contribution >= 0.6 is 11.6 Å². The smallest absolute Gasteiger partial charge is 0.223 e. The van der Waals surface area contributed by atoms with Crippen LogP contribution < -0.4 is 5.32 Å². The molecule has 0 spiro atoms. The minimum absolute atomic E-state index is 0.0671. The molecule has 110 valence electrons. The molecule has 0 aromatic heterocycles. The van der Waals surface area contributed by atoms with E-state index in [1.54, 1.807) is 7.11 Å². The number of hydrogen-bond acceptors (Lipinski definition) is 3. The summed E-state index contributed by atoms with van der Waals surface area (Å²) in [6, 6.07) is 7.82. The van der Waals surface area contributed by atoms with Gasteiger partial charge in [0.15, 0.2) is 0 Å². The van der Waals surface area contributed by atoms with Gasteiger partial charge in [0.2, 0.25) is 5.91 Å². The monoisotopic (exact) mass is 296 g/mol. The van der Waals surface area contributed by atoms with Crippen LogP contribution in [0.5, 0.6) is 0 Å². The number of amides is 1. The number of hydrogen-bond donors (Lipinski definition) is 1. The highest BCUT2D eigenvalue weighted by Gasteiger charge is 2.27. The van der Waals surface area contributed by atoms with Crippen LogP contribution in [-0.4, -0.2) is 44.2 Å². The van der Waals surface area contributed by atoms with Crippen molar-refractivity contribution in [2.75, 3.05) is 33.4 Å².